The van der Waals surface area contributed by atoms with Crippen molar-refractivity contribution in [3.05, 3.63) is 162 Å². The number of rotatable bonds is 9. The number of pyridine rings is 2. The first-order valence-electron chi connectivity index (χ1n) is 21.6. The van der Waals surface area contributed by atoms with Gasteiger partial charge in [0, 0.05) is 44.4 Å². The molecule has 0 atom stereocenters. The van der Waals surface area contributed by atoms with Gasteiger partial charge in [-0.05, 0) is 82.5 Å². The van der Waals surface area contributed by atoms with Gasteiger partial charge in [-0.2, -0.15) is 12.9 Å². The maximum Gasteiger partial charge on any atom is 0.410 e. The molecule has 23 nitrogen and oxygen atoms in total. The first kappa shape index (κ1) is 52.5. The van der Waals surface area contributed by atoms with Gasteiger partial charge >= 0.3 is 6.09 Å². The minimum Gasteiger partial charge on any atom is -0.444 e. The molecular formula is C44H49N9O14S3. The third-order valence-electron chi connectivity index (χ3n) is 10.7. The summed E-state index contributed by atoms with van der Waals surface area (Å²) < 4.78 is 95.4. The highest BCUT2D eigenvalue weighted by Crippen LogP contribution is 2.32. The van der Waals surface area contributed by atoms with Crippen molar-refractivity contribution in [3.8, 4) is 0 Å². The van der Waals surface area contributed by atoms with Gasteiger partial charge in [-0.15, -0.1) is 0 Å². The molecule has 1 aliphatic rings. The lowest BCUT2D eigenvalue weighted by Gasteiger charge is -2.29. The molecule has 372 valence electrons. The summed E-state index contributed by atoms with van der Waals surface area (Å²) in [4.78, 5) is 56.1. The van der Waals surface area contributed by atoms with Gasteiger partial charge in [0.2, 0.25) is 20.0 Å². The number of nitro benzene ring substituents is 3. The van der Waals surface area contributed by atoms with Gasteiger partial charge in [0.05, 0.1) is 63.7 Å². The maximum absolute atomic E-state index is 14.6. The molecule has 0 unspecified atom stereocenters. The van der Waals surface area contributed by atoms with Crippen molar-refractivity contribution in [2.45, 2.75) is 86.5 Å². The predicted octanol–water partition coefficient (Wildman–Crippen LogP) is 6.40. The summed E-state index contributed by atoms with van der Waals surface area (Å²) in [5, 5.41) is 36.3. The molecule has 4 bridgehead atoms. The standard InChI is InChI=1S/C44H49N9O14S3/c1-44(2,3)67-43(54)47-25-10-11-27-48(68(61,62)40-22-7-4-19-37(40)51(55)56)29-33-15-12-17-35(45-33)31-50(70(65,66)42-24-9-6-21-39(42)53(59)60)32-36-18-13-16-34(46-36)30-49(28-14-26-47)69(63,64)41-23-8-5-20-38(41)52(57)58/h4-9,12-13,15-24H,10-11,14,25-32H2,1-3H3. The van der Waals surface area contributed by atoms with Crippen LogP contribution in [0, 0.1) is 30.3 Å². The molecular weight excluding hydrogens is 975 g/mol. The van der Waals surface area contributed by atoms with Crippen LogP contribution in [-0.4, -0.2) is 106 Å². The van der Waals surface area contributed by atoms with Crippen LogP contribution < -0.4 is 0 Å². The average molecular weight is 1020 g/mol. The normalized spacial score (nSPS) is 15.8. The molecule has 26 heteroatoms. The van der Waals surface area contributed by atoms with Gasteiger partial charge in [0.25, 0.3) is 27.1 Å². The van der Waals surface area contributed by atoms with Gasteiger partial charge < -0.3 is 9.64 Å². The number of fused-ring (bicyclic) bond motifs is 4. The molecule has 0 spiro atoms. The van der Waals surface area contributed by atoms with Crippen LogP contribution >= 0.6 is 0 Å². The lowest BCUT2D eigenvalue weighted by atomic mass is 10.2. The highest BCUT2D eigenvalue weighted by Gasteiger charge is 2.36. The SMILES string of the molecule is CC(C)(C)OC(=O)N1CCCCN(S(=O)(=O)c2ccccc2[N+](=O)[O-])Cc2cccc(n2)CN(S(=O)(=O)c2ccccc2[N+](=O)[O-])Cc2cccc(n2)CN(S(=O)(=O)c2ccccc2[N+](=O)[O-])CCC1. The Balaban J connectivity index is 1.49. The van der Waals surface area contributed by atoms with Crippen LogP contribution in [0.4, 0.5) is 21.9 Å². The van der Waals surface area contributed by atoms with Crippen LogP contribution in [0.2, 0.25) is 0 Å². The number of carbonyl (C=O) groups is 1. The number of hydrogen-bond donors (Lipinski definition) is 0. The number of hydrogen-bond acceptors (Lipinski definition) is 16. The summed E-state index contributed by atoms with van der Waals surface area (Å²) in [7, 11) is -14.2. The van der Waals surface area contributed by atoms with Gasteiger partial charge in [0.1, 0.15) is 5.60 Å². The zero-order chi connectivity index (χ0) is 51.0. The Morgan fingerprint density at radius 3 is 1.17 bits per heavy atom. The minimum atomic E-state index is -4.80. The molecule has 2 aromatic heterocycles. The van der Waals surface area contributed by atoms with E-state index in [1.54, 1.807) is 20.8 Å². The van der Waals surface area contributed by atoms with E-state index in [1.165, 1.54) is 77.7 Å². The molecule has 0 fully saturated rings. The number of nitro groups is 3. The predicted molar refractivity (Wildman–Crippen MR) is 251 cm³/mol. The first-order valence-corrected chi connectivity index (χ1v) is 25.9. The Hall–Kier alpha value is -6.84. The molecule has 6 rings (SSSR count). The van der Waals surface area contributed by atoms with Crippen LogP contribution in [0.5, 0.6) is 0 Å². The molecule has 70 heavy (non-hydrogen) atoms. The number of aromatic nitrogens is 2. The molecule has 0 aliphatic carbocycles. The van der Waals surface area contributed by atoms with Crippen LogP contribution in [0.25, 0.3) is 0 Å². The average Bonchev–Trinajstić information content (AvgIpc) is 3.30. The highest BCUT2D eigenvalue weighted by atomic mass is 32.2. The molecule has 5 aromatic rings. The lowest BCUT2D eigenvalue weighted by molar-refractivity contribution is -0.388. The van der Waals surface area contributed by atoms with Crippen LogP contribution in [-0.2, 0) is 61.0 Å². The summed E-state index contributed by atoms with van der Waals surface area (Å²) in [6.07, 6.45) is -0.609. The lowest BCUT2D eigenvalue weighted by Crippen LogP contribution is -2.40. The van der Waals surface area contributed by atoms with Crippen molar-refractivity contribution in [1.82, 2.24) is 27.8 Å². The van der Waals surface area contributed by atoms with E-state index in [0.29, 0.717) is 0 Å². The Bertz CT molecular complexity index is 3120. The Labute approximate surface area is 403 Å². The fraction of sp³-hybridized carbons (Fsp3) is 0.341. The number of para-hydroxylation sites is 3. The summed E-state index contributed by atoms with van der Waals surface area (Å²) in [6.45, 7) is 2.17. The van der Waals surface area contributed by atoms with Gasteiger partial charge in [-0.1, -0.05) is 48.5 Å². The van der Waals surface area contributed by atoms with Gasteiger partial charge in [-0.25, -0.2) is 30.0 Å². The summed E-state index contributed by atoms with van der Waals surface area (Å²) >= 11 is 0. The van der Waals surface area contributed by atoms with Crippen molar-refractivity contribution in [1.29, 1.82) is 0 Å². The monoisotopic (exact) mass is 1020 g/mol. The quantitative estimate of drug-likeness (QED) is 0.114. The van der Waals surface area contributed by atoms with E-state index in [2.05, 4.69) is 9.97 Å². The van der Waals surface area contributed by atoms with Crippen molar-refractivity contribution < 1.29 is 49.6 Å². The number of nitrogens with zero attached hydrogens (tertiary/aromatic N) is 9. The zero-order valence-electron chi connectivity index (χ0n) is 38.1. The van der Waals surface area contributed by atoms with Crippen molar-refractivity contribution in [2.24, 2.45) is 0 Å². The second-order valence-corrected chi connectivity index (χ2v) is 22.6. The number of carbonyl (C=O) groups excluding carboxylic acids is 1. The number of amides is 1. The smallest absolute Gasteiger partial charge is 0.410 e. The van der Waals surface area contributed by atoms with E-state index in [0.717, 1.165) is 49.3 Å². The number of sulfonamides is 3. The minimum absolute atomic E-state index is 0.0214. The summed E-state index contributed by atoms with van der Waals surface area (Å²) in [6, 6.07) is 23.0. The largest absolute Gasteiger partial charge is 0.444 e. The van der Waals surface area contributed by atoms with Crippen molar-refractivity contribution in [2.75, 3.05) is 26.2 Å². The van der Waals surface area contributed by atoms with E-state index >= 15 is 0 Å². The van der Waals surface area contributed by atoms with Crippen molar-refractivity contribution in [3.63, 3.8) is 0 Å². The number of ether oxygens (including phenoxy) is 1. The molecule has 0 radical (unpaired) electrons. The zero-order valence-corrected chi connectivity index (χ0v) is 40.6. The molecule has 0 N–H and O–H groups in total. The fourth-order valence-corrected chi connectivity index (χ4v) is 12.2. The van der Waals surface area contributed by atoms with Crippen LogP contribution in [0.15, 0.2) is 124 Å². The molecule has 3 heterocycles. The van der Waals surface area contributed by atoms with E-state index in [-0.39, 0.29) is 68.2 Å². The topological polar surface area (TPSA) is 297 Å². The molecule has 0 saturated carbocycles. The Kier molecular flexibility index (Phi) is 16.4. The van der Waals surface area contributed by atoms with E-state index in [4.69, 9.17) is 4.74 Å². The molecule has 3 aromatic carbocycles. The Morgan fingerprint density at radius 1 is 0.486 bits per heavy atom. The van der Waals surface area contributed by atoms with E-state index < -0.39 is 114 Å². The fourth-order valence-electron chi connectivity index (χ4n) is 7.47. The summed E-state index contributed by atoms with van der Waals surface area (Å²) in [5.41, 5.74) is -2.80. The third kappa shape index (κ3) is 12.7. The van der Waals surface area contributed by atoms with Crippen LogP contribution in [0.1, 0.15) is 62.8 Å². The Morgan fingerprint density at radius 2 is 0.800 bits per heavy atom. The van der Waals surface area contributed by atoms with E-state index in [1.807, 2.05) is 0 Å². The van der Waals surface area contributed by atoms with Gasteiger partial charge in [0.15, 0.2) is 14.7 Å². The van der Waals surface area contributed by atoms with Gasteiger partial charge in [-0.3, -0.25) is 40.3 Å². The number of benzene rings is 3. The van der Waals surface area contributed by atoms with Crippen molar-refractivity contribution >= 4 is 53.2 Å². The first-order chi connectivity index (χ1) is 33.0. The molecule has 1 aliphatic heterocycles. The summed E-state index contributed by atoms with van der Waals surface area (Å²) in [5.74, 6) is 0. The third-order valence-corrected chi connectivity index (χ3v) is 16.3. The second-order valence-electron chi connectivity index (χ2n) is 16.9. The highest BCUT2D eigenvalue weighted by molar-refractivity contribution is 7.89. The second kappa shape index (κ2) is 21.8. The maximum atomic E-state index is 14.6. The molecule has 1 amide bonds. The van der Waals surface area contributed by atoms with E-state index in [9.17, 15) is 60.4 Å². The van der Waals surface area contributed by atoms with Crippen LogP contribution in [0.3, 0.4) is 0 Å². The molecule has 0 saturated heterocycles.